The van der Waals surface area contributed by atoms with Crippen molar-refractivity contribution in [3.63, 3.8) is 0 Å². The normalized spacial score (nSPS) is 15.2. The van der Waals surface area contributed by atoms with Crippen LogP contribution in [0, 0.1) is 0 Å². The van der Waals surface area contributed by atoms with E-state index in [1.54, 1.807) is 6.33 Å². The molecular formula is C16H24N4S. The number of nitrogens with zero attached hydrogens (tertiary/aromatic N) is 2. The van der Waals surface area contributed by atoms with Gasteiger partial charge in [0, 0.05) is 23.5 Å². The number of aryl methyl sites for hydroxylation is 2. The lowest BCUT2D eigenvalue weighted by molar-refractivity contribution is 0.435. The lowest BCUT2D eigenvalue weighted by Crippen LogP contribution is -2.38. The van der Waals surface area contributed by atoms with Gasteiger partial charge in [-0.05, 0) is 52.0 Å². The van der Waals surface area contributed by atoms with Crippen LogP contribution < -0.4 is 10.6 Å². The Kier molecular flexibility index (Phi) is 4.13. The van der Waals surface area contributed by atoms with Crippen molar-refractivity contribution >= 4 is 27.4 Å². The van der Waals surface area contributed by atoms with E-state index < -0.39 is 0 Å². The summed E-state index contributed by atoms with van der Waals surface area (Å²) in [6.45, 7) is 8.37. The van der Waals surface area contributed by atoms with Crippen LogP contribution in [0.4, 0.5) is 5.82 Å². The van der Waals surface area contributed by atoms with Crippen LogP contribution in [0.3, 0.4) is 0 Å². The molecule has 0 aliphatic heterocycles. The lowest BCUT2D eigenvalue weighted by Gasteiger charge is -2.20. The topological polar surface area (TPSA) is 49.8 Å². The van der Waals surface area contributed by atoms with Gasteiger partial charge in [0.1, 0.15) is 17.0 Å². The van der Waals surface area contributed by atoms with Gasteiger partial charge in [0.25, 0.3) is 0 Å². The Morgan fingerprint density at radius 2 is 1.95 bits per heavy atom. The van der Waals surface area contributed by atoms with Crippen LogP contribution >= 0.6 is 11.3 Å². The second-order valence-electron chi connectivity index (χ2n) is 6.72. The summed E-state index contributed by atoms with van der Waals surface area (Å²) in [6, 6.07) is 0. The summed E-state index contributed by atoms with van der Waals surface area (Å²) < 4.78 is 0. The highest BCUT2D eigenvalue weighted by molar-refractivity contribution is 7.19. The molecule has 21 heavy (non-hydrogen) atoms. The summed E-state index contributed by atoms with van der Waals surface area (Å²) in [5.74, 6) is 1.01. The van der Waals surface area contributed by atoms with E-state index in [1.807, 2.05) is 11.3 Å². The average molecular weight is 304 g/mol. The Morgan fingerprint density at radius 1 is 1.14 bits per heavy atom. The first kappa shape index (κ1) is 14.7. The molecular weight excluding hydrogens is 280 g/mol. The number of aromatic nitrogens is 2. The van der Waals surface area contributed by atoms with Crippen LogP contribution in [0.1, 0.15) is 44.1 Å². The molecule has 0 radical (unpaired) electrons. The van der Waals surface area contributed by atoms with E-state index in [0.29, 0.717) is 0 Å². The van der Waals surface area contributed by atoms with Crippen molar-refractivity contribution in [2.75, 3.05) is 18.4 Å². The number of rotatable bonds is 4. The molecule has 0 atom stereocenters. The van der Waals surface area contributed by atoms with Gasteiger partial charge in [-0.15, -0.1) is 11.3 Å². The standard InChI is InChI=1S/C16H24N4S/c1-16(2,3)20-9-8-17-14-13-11-6-4-5-7-12(11)21-15(13)19-10-18-14/h10,20H,4-9H2,1-3H3,(H,17,18,19). The first-order chi connectivity index (χ1) is 10.0. The fourth-order valence-electron chi connectivity index (χ4n) is 2.84. The van der Waals surface area contributed by atoms with Gasteiger partial charge in [-0.1, -0.05) is 0 Å². The van der Waals surface area contributed by atoms with Crippen LogP contribution in [-0.2, 0) is 12.8 Å². The Balaban J connectivity index is 1.77. The molecule has 2 heterocycles. The zero-order valence-electron chi connectivity index (χ0n) is 13.1. The fraction of sp³-hybridized carbons (Fsp3) is 0.625. The smallest absolute Gasteiger partial charge is 0.138 e. The predicted molar refractivity (Wildman–Crippen MR) is 90.3 cm³/mol. The SMILES string of the molecule is CC(C)(C)NCCNc1ncnc2sc3c(c12)CCCC3. The average Bonchev–Trinajstić information content (AvgIpc) is 2.81. The fourth-order valence-corrected chi connectivity index (χ4v) is 4.07. The number of thiophene rings is 1. The van der Waals surface area contributed by atoms with Crippen molar-refractivity contribution in [3.8, 4) is 0 Å². The van der Waals surface area contributed by atoms with E-state index in [9.17, 15) is 0 Å². The second-order valence-corrected chi connectivity index (χ2v) is 7.80. The van der Waals surface area contributed by atoms with Gasteiger partial charge in [-0.3, -0.25) is 0 Å². The molecule has 0 fully saturated rings. The molecule has 0 saturated carbocycles. The molecule has 0 bridgehead atoms. The van der Waals surface area contributed by atoms with Crippen LogP contribution in [0.25, 0.3) is 10.2 Å². The Labute approximate surface area is 130 Å². The van der Waals surface area contributed by atoms with Gasteiger partial charge in [-0.2, -0.15) is 0 Å². The maximum Gasteiger partial charge on any atom is 0.138 e. The quantitative estimate of drug-likeness (QED) is 0.850. The highest BCUT2D eigenvalue weighted by Gasteiger charge is 2.19. The van der Waals surface area contributed by atoms with Crippen molar-refractivity contribution in [3.05, 3.63) is 16.8 Å². The van der Waals surface area contributed by atoms with Gasteiger partial charge in [0.2, 0.25) is 0 Å². The van der Waals surface area contributed by atoms with Gasteiger partial charge in [0.15, 0.2) is 0 Å². The molecule has 4 nitrogen and oxygen atoms in total. The minimum Gasteiger partial charge on any atom is -0.368 e. The monoisotopic (exact) mass is 304 g/mol. The molecule has 2 aromatic rings. The van der Waals surface area contributed by atoms with Gasteiger partial charge in [-0.25, -0.2) is 9.97 Å². The zero-order chi connectivity index (χ0) is 14.9. The minimum atomic E-state index is 0.157. The molecule has 2 aromatic heterocycles. The first-order valence-electron chi connectivity index (χ1n) is 7.79. The predicted octanol–water partition coefficient (Wildman–Crippen LogP) is 3.37. The third-order valence-corrected chi connectivity index (χ3v) is 5.02. The number of anilines is 1. The number of hydrogen-bond acceptors (Lipinski definition) is 5. The van der Waals surface area contributed by atoms with Crippen LogP contribution in [0.15, 0.2) is 6.33 Å². The summed E-state index contributed by atoms with van der Waals surface area (Å²) in [5, 5.41) is 8.25. The molecule has 114 valence electrons. The lowest BCUT2D eigenvalue weighted by atomic mass is 9.97. The van der Waals surface area contributed by atoms with Gasteiger partial charge in [0.05, 0.1) is 5.39 Å². The number of nitrogens with one attached hydrogen (secondary N) is 2. The molecule has 0 spiro atoms. The van der Waals surface area contributed by atoms with E-state index in [4.69, 9.17) is 0 Å². The third kappa shape index (κ3) is 3.35. The minimum absolute atomic E-state index is 0.157. The highest BCUT2D eigenvalue weighted by atomic mass is 32.1. The van der Waals surface area contributed by atoms with E-state index in [2.05, 4.69) is 41.4 Å². The highest BCUT2D eigenvalue weighted by Crippen LogP contribution is 2.37. The van der Waals surface area contributed by atoms with Crippen molar-refractivity contribution < 1.29 is 0 Å². The number of fused-ring (bicyclic) bond motifs is 3. The largest absolute Gasteiger partial charge is 0.368 e. The number of hydrogen-bond donors (Lipinski definition) is 2. The molecule has 0 saturated heterocycles. The molecule has 0 amide bonds. The zero-order valence-corrected chi connectivity index (χ0v) is 13.9. The molecule has 5 heteroatoms. The Bertz CT molecular complexity index is 627. The summed E-state index contributed by atoms with van der Waals surface area (Å²) in [6.07, 6.45) is 6.67. The van der Waals surface area contributed by atoms with E-state index in [-0.39, 0.29) is 5.54 Å². The van der Waals surface area contributed by atoms with Crippen molar-refractivity contribution in [2.24, 2.45) is 0 Å². The van der Waals surface area contributed by atoms with Crippen LogP contribution in [0.5, 0.6) is 0 Å². The molecule has 2 N–H and O–H groups in total. The maximum absolute atomic E-state index is 4.48. The molecule has 1 aliphatic rings. The summed E-state index contributed by atoms with van der Waals surface area (Å²) in [7, 11) is 0. The van der Waals surface area contributed by atoms with Crippen LogP contribution in [-0.4, -0.2) is 28.6 Å². The second kappa shape index (κ2) is 5.89. The molecule has 3 rings (SSSR count). The van der Waals surface area contributed by atoms with Gasteiger partial charge < -0.3 is 10.6 Å². The summed E-state index contributed by atoms with van der Waals surface area (Å²) in [4.78, 5) is 11.6. The van der Waals surface area contributed by atoms with Crippen molar-refractivity contribution in [1.29, 1.82) is 0 Å². The summed E-state index contributed by atoms with van der Waals surface area (Å²) >= 11 is 1.85. The van der Waals surface area contributed by atoms with Gasteiger partial charge >= 0.3 is 0 Å². The maximum atomic E-state index is 4.48. The Morgan fingerprint density at radius 3 is 2.76 bits per heavy atom. The molecule has 0 aromatic carbocycles. The summed E-state index contributed by atoms with van der Waals surface area (Å²) in [5.41, 5.74) is 1.65. The molecule has 1 aliphatic carbocycles. The molecule has 0 unspecified atom stereocenters. The van der Waals surface area contributed by atoms with Crippen LogP contribution in [0.2, 0.25) is 0 Å². The van der Waals surface area contributed by atoms with Crippen molar-refractivity contribution in [2.45, 2.75) is 52.0 Å². The first-order valence-corrected chi connectivity index (χ1v) is 8.60. The van der Waals surface area contributed by atoms with E-state index >= 15 is 0 Å². The van der Waals surface area contributed by atoms with E-state index in [1.165, 1.54) is 41.5 Å². The third-order valence-electron chi connectivity index (χ3n) is 3.82. The van der Waals surface area contributed by atoms with Crippen molar-refractivity contribution in [1.82, 2.24) is 15.3 Å². The van der Waals surface area contributed by atoms with E-state index in [0.717, 1.165) is 23.7 Å². The Hall–Kier alpha value is -1.20.